The minimum absolute atomic E-state index is 0.0797. The number of rotatable bonds is 4. The van der Waals surface area contributed by atoms with Crippen molar-refractivity contribution in [3.05, 3.63) is 28.8 Å². The van der Waals surface area contributed by atoms with Crippen molar-refractivity contribution in [2.75, 3.05) is 19.0 Å². The Bertz CT molecular complexity index is 531. The number of benzene rings is 1. The number of carboxylic acid groups (broad SMARTS) is 1. The zero-order valence-corrected chi connectivity index (χ0v) is 11.3. The van der Waals surface area contributed by atoms with Crippen molar-refractivity contribution >= 4 is 23.4 Å². The van der Waals surface area contributed by atoms with E-state index in [1.54, 1.807) is 30.8 Å². The van der Waals surface area contributed by atoms with Gasteiger partial charge in [0.05, 0.1) is 11.3 Å². The molecule has 1 aromatic carbocycles. The summed E-state index contributed by atoms with van der Waals surface area (Å²) in [4.78, 5) is 17.0. The summed E-state index contributed by atoms with van der Waals surface area (Å²) in [5.74, 6) is -0.101. The molecule has 1 heterocycles. The van der Waals surface area contributed by atoms with Gasteiger partial charge in [0.15, 0.2) is 0 Å². The van der Waals surface area contributed by atoms with Gasteiger partial charge >= 0.3 is 5.97 Å². The van der Waals surface area contributed by atoms with Crippen LogP contribution in [0.15, 0.2) is 22.2 Å². The number of fused-ring (bicyclic) bond motifs is 1. The average Bonchev–Trinajstić information content (AvgIpc) is 2.39. The number of hydrogen-bond acceptors (Lipinski definition) is 4. The number of alkyl halides is 1. The number of carbonyl (C=O) groups is 1. The third-order valence-electron chi connectivity index (χ3n) is 2.89. The van der Waals surface area contributed by atoms with E-state index in [4.69, 9.17) is 9.94 Å². The van der Waals surface area contributed by atoms with Crippen molar-refractivity contribution < 1.29 is 19.1 Å². The summed E-state index contributed by atoms with van der Waals surface area (Å²) < 4.78 is 12.0. The molecule has 0 atom stereocenters. The van der Waals surface area contributed by atoms with Crippen LogP contribution in [0.3, 0.4) is 0 Å². The molecular formula is C13H14FNO3S. The fourth-order valence-electron chi connectivity index (χ4n) is 2.03. The van der Waals surface area contributed by atoms with Gasteiger partial charge in [-0.15, -0.1) is 11.8 Å². The van der Waals surface area contributed by atoms with Gasteiger partial charge < -0.3 is 9.94 Å². The highest BCUT2D eigenvalue weighted by atomic mass is 32.2. The first-order chi connectivity index (χ1) is 9.15. The maximum Gasteiger partial charge on any atom is 0.335 e. The van der Waals surface area contributed by atoms with Crippen LogP contribution < -0.4 is 0 Å². The molecule has 102 valence electrons. The molecule has 0 aliphatic carbocycles. The molecule has 6 heteroatoms. The second-order valence-electron chi connectivity index (χ2n) is 4.08. The fraction of sp³-hybridized carbons (Fsp3) is 0.385. The fourth-order valence-corrected chi connectivity index (χ4v) is 3.12. The molecule has 0 bridgehead atoms. The van der Waals surface area contributed by atoms with Gasteiger partial charge in [0.1, 0.15) is 13.3 Å². The Morgan fingerprint density at radius 3 is 3.05 bits per heavy atom. The molecule has 0 amide bonds. The molecule has 1 aromatic rings. The van der Waals surface area contributed by atoms with Gasteiger partial charge in [-0.05, 0) is 24.6 Å². The molecule has 1 aliphatic rings. The maximum absolute atomic E-state index is 12.0. The van der Waals surface area contributed by atoms with Gasteiger partial charge in [0.25, 0.3) is 0 Å². The van der Waals surface area contributed by atoms with Crippen LogP contribution in [0, 0.1) is 6.92 Å². The molecule has 4 nitrogen and oxygen atoms in total. The Kier molecular flexibility index (Phi) is 4.42. The second-order valence-corrected chi connectivity index (χ2v) is 5.21. The van der Waals surface area contributed by atoms with Crippen molar-refractivity contribution in [1.29, 1.82) is 0 Å². The summed E-state index contributed by atoms with van der Waals surface area (Å²) in [5, 5.41) is 13.1. The Morgan fingerprint density at radius 2 is 2.37 bits per heavy atom. The Morgan fingerprint density at radius 1 is 1.58 bits per heavy atom. The number of halogens is 1. The predicted molar refractivity (Wildman–Crippen MR) is 71.9 cm³/mol. The highest BCUT2D eigenvalue weighted by Crippen LogP contribution is 2.34. The average molecular weight is 283 g/mol. The van der Waals surface area contributed by atoms with E-state index in [0.29, 0.717) is 17.7 Å². The lowest BCUT2D eigenvalue weighted by molar-refractivity contribution is 0.0696. The second kappa shape index (κ2) is 6.06. The van der Waals surface area contributed by atoms with Crippen LogP contribution in [0.1, 0.15) is 27.9 Å². The molecule has 0 aromatic heterocycles. The summed E-state index contributed by atoms with van der Waals surface area (Å²) in [6.07, 6.45) is 0.688. The number of carboxylic acids is 1. The Labute approximate surface area is 114 Å². The van der Waals surface area contributed by atoms with Gasteiger partial charge in [-0.3, -0.25) is 0 Å². The summed E-state index contributed by atoms with van der Waals surface area (Å²) in [7, 11) is 0. The number of oxime groups is 1. The lowest BCUT2D eigenvalue weighted by Gasteiger charge is -2.20. The van der Waals surface area contributed by atoms with Gasteiger partial charge in [-0.2, -0.15) is 0 Å². The van der Waals surface area contributed by atoms with Gasteiger partial charge in [-0.25, -0.2) is 9.18 Å². The van der Waals surface area contributed by atoms with E-state index >= 15 is 0 Å². The van der Waals surface area contributed by atoms with Crippen molar-refractivity contribution in [3.63, 3.8) is 0 Å². The molecule has 19 heavy (non-hydrogen) atoms. The van der Waals surface area contributed by atoms with Crippen LogP contribution in [0.2, 0.25) is 0 Å². The quantitative estimate of drug-likeness (QED) is 0.682. The van der Waals surface area contributed by atoms with Crippen molar-refractivity contribution in [1.82, 2.24) is 0 Å². The normalized spacial score (nSPS) is 16.2. The topological polar surface area (TPSA) is 58.9 Å². The van der Waals surface area contributed by atoms with Crippen LogP contribution >= 0.6 is 11.8 Å². The van der Waals surface area contributed by atoms with Crippen LogP contribution in [0.25, 0.3) is 0 Å². The lowest BCUT2D eigenvalue weighted by Crippen LogP contribution is -2.15. The van der Waals surface area contributed by atoms with E-state index in [0.717, 1.165) is 16.2 Å². The third-order valence-corrected chi connectivity index (χ3v) is 3.94. The molecule has 1 aliphatic heterocycles. The molecule has 0 spiro atoms. The molecule has 0 radical (unpaired) electrons. The minimum Gasteiger partial charge on any atom is -0.478 e. The zero-order valence-electron chi connectivity index (χ0n) is 10.5. The first-order valence-electron chi connectivity index (χ1n) is 5.90. The number of thioether (sulfide) groups is 1. The van der Waals surface area contributed by atoms with Crippen molar-refractivity contribution in [2.45, 2.75) is 18.2 Å². The van der Waals surface area contributed by atoms with Crippen molar-refractivity contribution in [3.8, 4) is 0 Å². The number of hydrogen-bond donors (Lipinski definition) is 1. The Hall–Kier alpha value is -1.56. The molecule has 0 saturated heterocycles. The Balaban J connectivity index is 2.43. The molecule has 1 N–H and O–H groups in total. The molecule has 0 fully saturated rings. The summed E-state index contributed by atoms with van der Waals surface area (Å²) in [6.45, 7) is 1.09. The number of nitrogens with zero attached hydrogens (tertiary/aromatic N) is 1. The van der Waals surface area contributed by atoms with Crippen LogP contribution in [-0.2, 0) is 4.84 Å². The van der Waals surface area contributed by atoms with Gasteiger partial charge in [0.2, 0.25) is 0 Å². The van der Waals surface area contributed by atoms with Crippen LogP contribution in [-0.4, -0.2) is 35.8 Å². The van der Waals surface area contributed by atoms with Gasteiger partial charge in [0, 0.05) is 22.6 Å². The van der Waals surface area contributed by atoms with E-state index in [2.05, 4.69) is 5.16 Å². The molecule has 0 saturated carbocycles. The molecule has 0 unspecified atom stereocenters. The largest absolute Gasteiger partial charge is 0.478 e. The van der Waals surface area contributed by atoms with Crippen LogP contribution in [0.4, 0.5) is 4.39 Å². The first-order valence-corrected chi connectivity index (χ1v) is 6.88. The minimum atomic E-state index is -0.958. The van der Waals surface area contributed by atoms with E-state index in [9.17, 15) is 9.18 Å². The highest BCUT2D eigenvalue weighted by molar-refractivity contribution is 7.99. The lowest BCUT2D eigenvalue weighted by atomic mass is 9.97. The van der Waals surface area contributed by atoms with E-state index in [1.807, 2.05) is 0 Å². The maximum atomic E-state index is 12.0. The molecule has 2 rings (SSSR count). The van der Waals surface area contributed by atoms with Crippen LogP contribution in [0.5, 0.6) is 0 Å². The summed E-state index contributed by atoms with van der Waals surface area (Å²) in [5.41, 5.74) is 2.46. The number of aromatic carboxylic acids is 1. The summed E-state index contributed by atoms with van der Waals surface area (Å²) in [6, 6.07) is 3.40. The highest BCUT2D eigenvalue weighted by Gasteiger charge is 2.22. The predicted octanol–water partition coefficient (Wildman–Crippen LogP) is 2.88. The van der Waals surface area contributed by atoms with E-state index < -0.39 is 12.6 Å². The summed E-state index contributed by atoms with van der Waals surface area (Å²) >= 11 is 1.66. The molecular weight excluding hydrogens is 269 g/mol. The zero-order chi connectivity index (χ0) is 13.8. The van der Waals surface area contributed by atoms with E-state index in [1.165, 1.54) is 0 Å². The third kappa shape index (κ3) is 2.89. The van der Waals surface area contributed by atoms with Crippen molar-refractivity contribution in [2.24, 2.45) is 5.16 Å². The van der Waals surface area contributed by atoms with E-state index in [-0.39, 0.29) is 12.2 Å². The monoisotopic (exact) mass is 283 g/mol. The smallest absolute Gasteiger partial charge is 0.335 e. The standard InChI is InChI=1S/C13H14FNO3S/c1-8-9(13(16)17)2-3-11-12(8)10(4-7-19-11)15-18-6-5-14/h2-3H,4-7H2,1H3,(H,16,17)/b15-10+. The van der Waals surface area contributed by atoms with Gasteiger partial charge in [-0.1, -0.05) is 5.16 Å². The SMILES string of the molecule is Cc1c(C(=O)O)ccc2c1/C(=N/OCCF)CCS2. The first kappa shape index (κ1) is 13.9.